The number of alkyl halides is 3. The highest BCUT2D eigenvalue weighted by Crippen LogP contribution is 2.43. The first-order valence-electron chi connectivity index (χ1n) is 13.3. The number of hydrogen-bond donors (Lipinski definition) is 1. The predicted octanol–water partition coefficient (Wildman–Crippen LogP) is 7.24. The molecule has 1 aromatic carbocycles. The molecule has 1 N–H and O–H groups in total. The zero-order valence-electron chi connectivity index (χ0n) is 22.4. The molecule has 2 saturated carbocycles. The lowest BCUT2D eigenvalue weighted by Gasteiger charge is -2.42. The Labute approximate surface area is 240 Å². The van der Waals surface area contributed by atoms with Crippen molar-refractivity contribution in [2.45, 2.75) is 77.4 Å². The number of hydrogen-bond acceptors (Lipinski definition) is 4. The number of ketones is 1. The SMILES string of the molecule is Cc1cc(Cl)c(C(=O)CN(CC2(C)CCC2)C(=O)c2cnn([C@H]3CC[C@H](CC(=O)O)CC3)c2C(F)(F)F)c(Cl)c1. The van der Waals surface area contributed by atoms with Gasteiger partial charge in [0.05, 0.1) is 40.0 Å². The van der Waals surface area contributed by atoms with E-state index in [9.17, 15) is 27.6 Å². The lowest BCUT2D eigenvalue weighted by Crippen LogP contribution is -2.46. The van der Waals surface area contributed by atoms with Gasteiger partial charge in [0.2, 0.25) is 0 Å². The van der Waals surface area contributed by atoms with E-state index in [1.165, 1.54) is 0 Å². The van der Waals surface area contributed by atoms with Gasteiger partial charge in [0.25, 0.3) is 5.91 Å². The number of Topliss-reactive ketones (excluding diaryl/α,β-unsaturated/α-hetero) is 1. The number of rotatable bonds is 9. The summed E-state index contributed by atoms with van der Waals surface area (Å²) in [5.74, 6) is -2.54. The third-order valence-corrected chi connectivity index (χ3v) is 8.74. The molecule has 218 valence electrons. The van der Waals surface area contributed by atoms with Crippen LogP contribution in [-0.2, 0) is 11.0 Å². The number of carboxylic acid groups (broad SMARTS) is 1. The first-order chi connectivity index (χ1) is 18.7. The normalized spacial score (nSPS) is 20.6. The van der Waals surface area contributed by atoms with Crippen LogP contribution in [0.5, 0.6) is 0 Å². The van der Waals surface area contributed by atoms with Gasteiger partial charge in [-0.25, -0.2) is 0 Å². The first-order valence-corrected chi connectivity index (χ1v) is 14.1. The van der Waals surface area contributed by atoms with E-state index < -0.39 is 47.7 Å². The molecule has 1 heterocycles. The quantitative estimate of drug-likeness (QED) is 0.306. The van der Waals surface area contributed by atoms with Crippen LogP contribution in [0.3, 0.4) is 0 Å². The zero-order valence-corrected chi connectivity index (χ0v) is 23.9. The van der Waals surface area contributed by atoms with Crippen LogP contribution in [0.1, 0.15) is 96.3 Å². The number of halogens is 5. The summed E-state index contributed by atoms with van der Waals surface area (Å²) < 4.78 is 44.2. The number of aryl methyl sites for hydroxylation is 1. The smallest absolute Gasteiger partial charge is 0.433 e. The molecule has 1 amide bonds. The molecule has 40 heavy (non-hydrogen) atoms. The van der Waals surface area contributed by atoms with Crippen molar-refractivity contribution in [3.8, 4) is 0 Å². The third kappa shape index (κ3) is 6.65. The van der Waals surface area contributed by atoms with Crippen LogP contribution in [0, 0.1) is 18.3 Å². The molecule has 0 unspecified atom stereocenters. The number of carbonyl (C=O) groups is 3. The van der Waals surface area contributed by atoms with E-state index in [1.54, 1.807) is 19.1 Å². The summed E-state index contributed by atoms with van der Waals surface area (Å²) in [5.41, 5.74) is -1.33. The maximum absolute atomic E-state index is 14.4. The molecule has 4 rings (SSSR count). The van der Waals surface area contributed by atoms with Crippen molar-refractivity contribution < 1.29 is 32.7 Å². The van der Waals surface area contributed by atoms with Crippen LogP contribution in [0.4, 0.5) is 13.2 Å². The summed E-state index contributed by atoms with van der Waals surface area (Å²) in [6.07, 6.45) is 0.0612. The van der Waals surface area contributed by atoms with Crippen LogP contribution in [0.2, 0.25) is 10.0 Å². The number of benzene rings is 1. The molecule has 0 saturated heterocycles. The minimum atomic E-state index is -4.88. The molecule has 7 nitrogen and oxygen atoms in total. The summed E-state index contributed by atoms with van der Waals surface area (Å²) in [6.45, 7) is 3.31. The number of aliphatic carboxylic acids is 1. The summed E-state index contributed by atoms with van der Waals surface area (Å²) in [7, 11) is 0. The van der Waals surface area contributed by atoms with Crippen molar-refractivity contribution in [3.05, 3.63) is 50.8 Å². The van der Waals surface area contributed by atoms with Crippen molar-refractivity contribution >= 4 is 40.9 Å². The summed E-state index contributed by atoms with van der Waals surface area (Å²) in [5, 5.41) is 13.3. The molecular formula is C28H32Cl2F3N3O4. The van der Waals surface area contributed by atoms with Crippen molar-refractivity contribution in [2.24, 2.45) is 11.3 Å². The maximum atomic E-state index is 14.4. The van der Waals surface area contributed by atoms with E-state index in [1.807, 2.05) is 6.92 Å². The third-order valence-electron chi connectivity index (χ3n) is 8.14. The number of carbonyl (C=O) groups excluding carboxylic acids is 2. The van der Waals surface area contributed by atoms with Gasteiger partial charge >= 0.3 is 12.1 Å². The number of carboxylic acids is 1. The van der Waals surface area contributed by atoms with E-state index in [0.29, 0.717) is 25.7 Å². The van der Waals surface area contributed by atoms with Gasteiger partial charge in [0.15, 0.2) is 11.5 Å². The molecule has 0 spiro atoms. The van der Waals surface area contributed by atoms with Gasteiger partial charge in [0, 0.05) is 13.0 Å². The van der Waals surface area contributed by atoms with Crippen LogP contribution >= 0.6 is 23.2 Å². The molecule has 2 fully saturated rings. The average Bonchev–Trinajstić information content (AvgIpc) is 3.27. The van der Waals surface area contributed by atoms with Crippen molar-refractivity contribution in [1.29, 1.82) is 0 Å². The minimum Gasteiger partial charge on any atom is -0.481 e. The van der Waals surface area contributed by atoms with Crippen LogP contribution in [-0.4, -0.2) is 50.5 Å². The Morgan fingerprint density at radius 1 is 1.12 bits per heavy atom. The molecule has 0 bridgehead atoms. The highest BCUT2D eigenvalue weighted by Gasteiger charge is 2.44. The maximum Gasteiger partial charge on any atom is 0.433 e. The number of nitrogens with zero attached hydrogens (tertiary/aromatic N) is 3. The van der Waals surface area contributed by atoms with Gasteiger partial charge in [-0.1, -0.05) is 36.5 Å². The second-order valence-electron chi connectivity index (χ2n) is 11.5. The molecule has 2 aliphatic carbocycles. The van der Waals surface area contributed by atoms with Crippen LogP contribution in [0.15, 0.2) is 18.3 Å². The highest BCUT2D eigenvalue weighted by molar-refractivity contribution is 6.40. The summed E-state index contributed by atoms with van der Waals surface area (Å²) in [4.78, 5) is 39.3. The largest absolute Gasteiger partial charge is 0.481 e. The topological polar surface area (TPSA) is 92.5 Å². The predicted molar refractivity (Wildman–Crippen MR) is 144 cm³/mol. The second kappa shape index (κ2) is 11.7. The molecule has 0 aliphatic heterocycles. The summed E-state index contributed by atoms with van der Waals surface area (Å²) >= 11 is 12.6. The van der Waals surface area contributed by atoms with Crippen molar-refractivity contribution in [2.75, 3.05) is 13.1 Å². The van der Waals surface area contributed by atoms with Crippen LogP contribution < -0.4 is 0 Å². The standard InChI is InChI=1S/C28H32Cl2F3N3O4/c1-16-10-20(29)24(21(30)11-16)22(37)14-35(15-27(2)8-3-9-27)26(40)19-13-34-36(25(19)28(31,32)33)18-6-4-17(5-7-18)12-23(38)39/h10-11,13,17-18H,3-9,12,14-15H2,1-2H3,(H,38,39)/t17-,18-. The van der Waals surface area contributed by atoms with Gasteiger partial charge in [0.1, 0.15) is 0 Å². The van der Waals surface area contributed by atoms with E-state index in [2.05, 4.69) is 5.10 Å². The fourth-order valence-electron chi connectivity index (χ4n) is 5.91. The van der Waals surface area contributed by atoms with Crippen molar-refractivity contribution in [3.63, 3.8) is 0 Å². The fraction of sp³-hybridized carbons (Fsp3) is 0.571. The molecule has 2 aliphatic rings. The van der Waals surface area contributed by atoms with Gasteiger partial charge in [-0.15, -0.1) is 0 Å². The van der Waals surface area contributed by atoms with Crippen LogP contribution in [0.25, 0.3) is 0 Å². The Bertz CT molecular complexity index is 1280. The lowest BCUT2D eigenvalue weighted by molar-refractivity contribution is -0.145. The zero-order chi connectivity index (χ0) is 29.4. The van der Waals surface area contributed by atoms with E-state index in [-0.39, 0.29) is 39.9 Å². The molecule has 12 heteroatoms. The van der Waals surface area contributed by atoms with Gasteiger partial charge in [-0.2, -0.15) is 18.3 Å². The Morgan fingerprint density at radius 2 is 1.73 bits per heavy atom. The average molecular weight is 602 g/mol. The van der Waals surface area contributed by atoms with E-state index in [0.717, 1.165) is 40.6 Å². The minimum absolute atomic E-state index is 0.0235. The Kier molecular flexibility index (Phi) is 8.90. The lowest BCUT2D eigenvalue weighted by atomic mass is 9.70. The first kappa shape index (κ1) is 30.4. The summed E-state index contributed by atoms with van der Waals surface area (Å²) in [6, 6.07) is 2.52. The van der Waals surface area contributed by atoms with Crippen molar-refractivity contribution in [1.82, 2.24) is 14.7 Å². The van der Waals surface area contributed by atoms with E-state index >= 15 is 0 Å². The fourth-order valence-corrected chi connectivity index (χ4v) is 6.71. The second-order valence-corrected chi connectivity index (χ2v) is 12.3. The molecule has 1 aromatic heterocycles. The van der Waals surface area contributed by atoms with Gasteiger partial charge < -0.3 is 10.0 Å². The van der Waals surface area contributed by atoms with Gasteiger partial charge in [-0.3, -0.25) is 19.1 Å². The Morgan fingerprint density at radius 3 is 2.23 bits per heavy atom. The van der Waals surface area contributed by atoms with E-state index in [4.69, 9.17) is 28.3 Å². The monoisotopic (exact) mass is 601 g/mol. The highest BCUT2D eigenvalue weighted by atomic mass is 35.5. The molecule has 0 radical (unpaired) electrons. The molecule has 0 atom stereocenters. The van der Waals surface area contributed by atoms with Gasteiger partial charge in [-0.05, 0) is 74.5 Å². The Balaban J connectivity index is 1.65. The molecule has 2 aromatic rings. The number of amides is 1. The molecular weight excluding hydrogens is 570 g/mol. The Hall–Kier alpha value is -2.59. The number of aromatic nitrogens is 2.